The van der Waals surface area contributed by atoms with E-state index in [0.29, 0.717) is 16.8 Å². The van der Waals surface area contributed by atoms with E-state index in [0.717, 1.165) is 5.56 Å². The molecule has 2 heterocycles. The molecule has 0 saturated heterocycles. The van der Waals surface area contributed by atoms with Crippen LogP contribution in [0.25, 0.3) is 10.2 Å². The van der Waals surface area contributed by atoms with Crippen molar-refractivity contribution in [3.8, 4) is 5.75 Å². The van der Waals surface area contributed by atoms with E-state index in [1.165, 1.54) is 22.2 Å². The molecule has 2 aromatic heterocycles. The molecule has 6 nitrogen and oxygen atoms in total. The number of nitrogens with one attached hydrogen (secondary N) is 1. The van der Waals surface area contributed by atoms with Gasteiger partial charge in [0.15, 0.2) is 0 Å². The quantitative estimate of drug-likeness (QED) is 0.748. The maximum absolute atomic E-state index is 12.2. The number of carbonyl (C=O) groups excluding carboxylic acids is 1. The smallest absolute Gasteiger partial charge is 0.262 e. The van der Waals surface area contributed by atoms with Crippen LogP contribution in [-0.2, 0) is 17.9 Å². The molecule has 0 aliphatic rings. The highest BCUT2D eigenvalue weighted by Gasteiger charge is 2.07. The number of aryl methyl sites for hydroxylation is 1. The number of amides is 1. The molecule has 0 radical (unpaired) electrons. The average molecular weight is 329 g/mol. The first-order valence-electron chi connectivity index (χ1n) is 7.11. The van der Waals surface area contributed by atoms with Crippen LogP contribution in [-0.4, -0.2) is 20.6 Å². The van der Waals surface area contributed by atoms with Gasteiger partial charge in [-0.25, -0.2) is 4.98 Å². The third kappa shape index (κ3) is 3.57. The number of benzene rings is 1. The number of thiophene rings is 1. The molecule has 118 valence electrons. The SMILES string of the molecule is O=C(CCn1cnc2sccc2c1=O)NCc1cccc(O)c1. The van der Waals surface area contributed by atoms with Gasteiger partial charge in [-0.15, -0.1) is 11.3 Å². The van der Waals surface area contributed by atoms with Crippen molar-refractivity contribution in [1.29, 1.82) is 0 Å². The molecule has 23 heavy (non-hydrogen) atoms. The zero-order valence-electron chi connectivity index (χ0n) is 12.2. The molecule has 3 rings (SSSR count). The summed E-state index contributed by atoms with van der Waals surface area (Å²) in [6.07, 6.45) is 1.67. The van der Waals surface area contributed by atoms with E-state index in [-0.39, 0.29) is 30.2 Å². The van der Waals surface area contributed by atoms with Crippen molar-refractivity contribution < 1.29 is 9.90 Å². The van der Waals surface area contributed by atoms with Gasteiger partial charge in [-0.3, -0.25) is 14.2 Å². The Labute approximate surface area is 136 Å². The summed E-state index contributed by atoms with van der Waals surface area (Å²) in [4.78, 5) is 29.0. The Morgan fingerprint density at radius 3 is 3.04 bits per heavy atom. The first kappa shape index (κ1) is 15.2. The Balaban J connectivity index is 1.58. The minimum Gasteiger partial charge on any atom is -0.508 e. The van der Waals surface area contributed by atoms with Crippen molar-refractivity contribution in [2.45, 2.75) is 19.5 Å². The molecular weight excluding hydrogens is 314 g/mol. The number of aromatic hydroxyl groups is 1. The third-order valence-electron chi connectivity index (χ3n) is 3.43. The van der Waals surface area contributed by atoms with Crippen molar-refractivity contribution in [1.82, 2.24) is 14.9 Å². The van der Waals surface area contributed by atoms with Gasteiger partial charge in [-0.1, -0.05) is 12.1 Å². The van der Waals surface area contributed by atoms with Crippen molar-refractivity contribution in [3.05, 3.63) is 58.0 Å². The van der Waals surface area contributed by atoms with Crippen molar-refractivity contribution >= 4 is 27.5 Å². The van der Waals surface area contributed by atoms with Gasteiger partial charge in [0.05, 0.1) is 11.7 Å². The lowest BCUT2D eigenvalue weighted by Crippen LogP contribution is -2.27. The van der Waals surface area contributed by atoms with Crippen LogP contribution in [0.1, 0.15) is 12.0 Å². The summed E-state index contributed by atoms with van der Waals surface area (Å²) >= 11 is 1.42. The van der Waals surface area contributed by atoms with Gasteiger partial charge in [0.25, 0.3) is 5.56 Å². The van der Waals surface area contributed by atoms with E-state index in [4.69, 9.17) is 0 Å². The summed E-state index contributed by atoms with van der Waals surface area (Å²) < 4.78 is 1.45. The van der Waals surface area contributed by atoms with Crippen molar-refractivity contribution in [2.75, 3.05) is 0 Å². The largest absolute Gasteiger partial charge is 0.508 e. The van der Waals surface area contributed by atoms with Gasteiger partial charge < -0.3 is 10.4 Å². The number of phenolic OH excluding ortho intramolecular Hbond substituents is 1. The lowest BCUT2D eigenvalue weighted by atomic mass is 10.2. The Morgan fingerprint density at radius 1 is 1.35 bits per heavy atom. The molecule has 0 unspecified atom stereocenters. The molecule has 0 bridgehead atoms. The number of aromatic nitrogens is 2. The summed E-state index contributed by atoms with van der Waals surface area (Å²) in [6.45, 7) is 0.618. The molecule has 1 amide bonds. The first-order valence-corrected chi connectivity index (χ1v) is 7.99. The molecule has 2 N–H and O–H groups in total. The zero-order valence-corrected chi connectivity index (χ0v) is 13.0. The second-order valence-electron chi connectivity index (χ2n) is 5.08. The van der Waals surface area contributed by atoms with Gasteiger partial charge in [0.1, 0.15) is 10.6 Å². The fourth-order valence-electron chi connectivity index (χ4n) is 2.23. The maximum atomic E-state index is 12.2. The number of hydrogen-bond acceptors (Lipinski definition) is 5. The first-order chi connectivity index (χ1) is 11.1. The summed E-state index contributed by atoms with van der Waals surface area (Å²) in [5, 5.41) is 14.5. The number of phenols is 1. The van der Waals surface area contributed by atoms with Gasteiger partial charge in [0, 0.05) is 19.5 Å². The van der Waals surface area contributed by atoms with Crippen LogP contribution < -0.4 is 10.9 Å². The predicted octanol–water partition coefficient (Wildman–Crippen LogP) is 1.87. The normalized spacial score (nSPS) is 10.8. The van der Waals surface area contributed by atoms with Crippen LogP contribution in [0.2, 0.25) is 0 Å². The Morgan fingerprint density at radius 2 is 2.22 bits per heavy atom. The molecular formula is C16H15N3O3S. The van der Waals surface area contributed by atoms with Crippen molar-refractivity contribution in [3.63, 3.8) is 0 Å². The molecule has 7 heteroatoms. The Bertz CT molecular complexity index is 901. The highest BCUT2D eigenvalue weighted by molar-refractivity contribution is 7.16. The van der Waals surface area contributed by atoms with Crippen LogP contribution in [0.5, 0.6) is 5.75 Å². The number of nitrogens with zero attached hydrogens (tertiary/aromatic N) is 2. The molecule has 0 aliphatic carbocycles. The van der Waals surface area contributed by atoms with E-state index in [2.05, 4.69) is 10.3 Å². The van der Waals surface area contributed by atoms with Crippen LogP contribution >= 0.6 is 11.3 Å². The minimum atomic E-state index is -0.161. The number of rotatable bonds is 5. The number of carbonyl (C=O) groups is 1. The van der Waals surface area contributed by atoms with E-state index in [1.54, 1.807) is 24.3 Å². The second-order valence-corrected chi connectivity index (χ2v) is 5.97. The van der Waals surface area contributed by atoms with Gasteiger partial charge in [-0.2, -0.15) is 0 Å². The summed E-state index contributed by atoms with van der Waals surface area (Å²) in [6, 6.07) is 8.45. The Hall–Kier alpha value is -2.67. The second kappa shape index (κ2) is 6.62. The van der Waals surface area contributed by atoms with E-state index in [9.17, 15) is 14.7 Å². The van der Waals surface area contributed by atoms with Crippen molar-refractivity contribution in [2.24, 2.45) is 0 Å². The van der Waals surface area contributed by atoms with E-state index < -0.39 is 0 Å². The van der Waals surface area contributed by atoms with Crippen LogP contribution in [0.3, 0.4) is 0 Å². The molecule has 0 spiro atoms. The number of fused-ring (bicyclic) bond motifs is 1. The summed E-state index contributed by atoms with van der Waals surface area (Å²) in [7, 11) is 0. The zero-order chi connectivity index (χ0) is 16.2. The summed E-state index contributed by atoms with van der Waals surface area (Å²) in [5.74, 6) is 0.00380. The average Bonchev–Trinajstić information content (AvgIpc) is 3.02. The maximum Gasteiger partial charge on any atom is 0.262 e. The molecule has 0 fully saturated rings. The van der Waals surface area contributed by atoms with E-state index >= 15 is 0 Å². The number of hydrogen-bond donors (Lipinski definition) is 2. The molecule has 0 saturated carbocycles. The van der Waals surface area contributed by atoms with Crippen LogP contribution in [0, 0.1) is 0 Å². The van der Waals surface area contributed by atoms with E-state index in [1.807, 2.05) is 11.4 Å². The molecule has 1 aromatic carbocycles. The summed E-state index contributed by atoms with van der Waals surface area (Å²) in [5.41, 5.74) is 0.689. The monoisotopic (exact) mass is 329 g/mol. The predicted molar refractivity (Wildman–Crippen MR) is 88.5 cm³/mol. The lowest BCUT2D eigenvalue weighted by Gasteiger charge is -2.07. The highest BCUT2D eigenvalue weighted by atomic mass is 32.1. The fourth-order valence-corrected chi connectivity index (χ4v) is 2.95. The fraction of sp³-hybridized carbons (Fsp3) is 0.188. The van der Waals surface area contributed by atoms with Crippen LogP contribution in [0.15, 0.2) is 46.8 Å². The Kier molecular flexibility index (Phi) is 4.38. The molecule has 0 aliphatic heterocycles. The van der Waals surface area contributed by atoms with Gasteiger partial charge in [-0.05, 0) is 29.1 Å². The standard InChI is InChI=1S/C16H15N3O3S/c20-12-3-1-2-11(8-12)9-17-14(21)4-6-19-10-18-15-13(16(19)22)5-7-23-15/h1-3,5,7-8,10,20H,4,6,9H2,(H,17,21). The topological polar surface area (TPSA) is 84.2 Å². The van der Waals surface area contributed by atoms with Crippen LogP contribution in [0.4, 0.5) is 0 Å². The van der Waals surface area contributed by atoms with Gasteiger partial charge in [0.2, 0.25) is 5.91 Å². The lowest BCUT2D eigenvalue weighted by molar-refractivity contribution is -0.121. The highest BCUT2D eigenvalue weighted by Crippen LogP contribution is 2.13. The third-order valence-corrected chi connectivity index (χ3v) is 4.25. The molecule has 0 atom stereocenters. The minimum absolute atomic E-state index is 0.128. The van der Waals surface area contributed by atoms with Gasteiger partial charge >= 0.3 is 0 Å². The molecule has 3 aromatic rings.